The molecule has 0 saturated carbocycles. The third-order valence-corrected chi connectivity index (χ3v) is 16.7. The number of hydrogen-bond donors (Lipinski definition) is 0. The minimum absolute atomic E-state index is 0.000730. The van der Waals surface area contributed by atoms with Crippen LogP contribution in [0, 0.1) is 17.9 Å². The molecule has 5 heterocycles. The fourth-order valence-electron chi connectivity index (χ4n) is 11.5. The summed E-state index contributed by atoms with van der Waals surface area (Å²) in [6.07, 6.45) is 0. The van der Waals surface area contributed by atoms with E-state index in [-0.39, 0.29) is 96.7 Å². The number of nitrogens with zero attached hydrogens (tertiary/aromatic N) is 4. The van der Waals surface area contributed by atoms with Crippen LogP contribution >= 0.6 is 22.7 Å². The number of hydrogen-bond acceptors (Lipinski definition) is 4. The van der Waals surface area contributed by atoms with Gasteiger partial charge in [-0.3, -0.25) is 0 Å². The summed E-state index contributed by atoms with van der Waals surface area (Å²) >= 11 is 1.94. The smallest absolute Gasteiger partial charge is 0.220 e. The maximum atomic E-state index is 12.4. The molecule has 16 rings (SSSR count). The maximum absolute atomic E-state index is 12.4. The zero-order chi connectivity index (χ0) is 59.9. The number of benzene rings is 11. The van der Waals surface area contributed by atoms with Gasteiger partial charge in [-0.05, 0) is 64.7 Å². The number of para-hydroxylation sites is 2. The Morgan fingerprint density at radius 3 is 1.72 bits per heavy atom. The Kier molecular flexibility index (Phi) is 6.70. The second-order valence-electron chi connectivity index (χ2n) is 18.3. The minimum Gasteiger partial charge on any atom is -0.456 e. The molecular weight excluding hydrogens is 953 g/mol. The molecule has 5 aromatic heterocycles. The Labute approximate surface area is 453 Å². The van der Waals surface area contributed by atoms with E-state index in [1.54, 1.807) is 4.57 Å². The van der Waals surface area contributed by atoms with E-state index in [4.69, 9.17) is 9.90 Å². The van der Waals surface area contributed by atoms with Gasteiger partial charge < -0.3 is 13.6 Å². The van der Waals surface area contributed by atoms with Gasteiger partial charge in [-0.15, -0.1) is 22.7 Å². The second kappa shape index (κ2) is 15.9. The lowest BCUT2D eigenvalue weighted by molar-refractivity contribution is 0.669. The van der Waals surface area contributed by atoms with Crippen molar-refractivity contribution >= 4 is 134 Å². The van der Waals surface area contributed by atoms with Crippen molar-refractivity contribution in [1.82, 2.24) is 9.13 Å². The third kappa shape index (κ3) is 5.79. The minimum atomic E-state index is -0.548. The van der Waals surface area contributed by atoms with Gasteiger partial charge in [-0.2, -0.15) is 5.26 Å². The van der Waals surface area contributed by atoms with E-state index < -0.39 is 60.4 Å². The molecule has 0 fully saturated rings. The summed E-state index contributed by atoms with van der Waals surface area (Å²) in [5.74, 6) is 0. The molecular formula is C68H36N4OS2. The molecule has 5 nitrogen and oxygen atoms in total. The van der Waals surface area contributed by atoms with E-state index in [0.717, 1.165) is 66.5 Å². The first-order chi connectivity index (χ1) is 42.2. The molecule has 0 saturated heterocycles. The number of nitriles is 1. The molecule has 11 aromatic carbocycles. The fourth-order valence-corrected chi connectivity index (χ4v) is 13.7. The van der Waals surface area contributed by atoms with E-state index in [2.05, 4.69) is 23.0 Å². The van der Waals surface area contributed by atoms with Crippen molar-refractivity contribution in [3.8, 4) is 50.8 Å². The zero-order valence-corrected chi connectivity index (χ0v) is 40.5. The normalized spacial score (nSPS) is 14.2. The van der Waals surface area contributed by atoms with Crippen LogP contribution in [-0.2, 0) is 0 Å². The second-order valence-corrected chi connectivity index (χ2v) is 20.3. The Morgan fingerprint density at radius 2 is 1.05 bits per heavy atom. The first kappa shape index (κ1) is 31.6. The van der Waals surface area contributed by atoms with Crippen molar-refractivity contribution in [3.63, 3.8) is 0 Å². The van der Waals surface area contributed by atoms with Crippen LogP contribution in [0.2, 0.25) is 0 Å². The topological polar surface area (TPSA) is 51.1 Å². The Balaban J connectivity index is 1.19. The molecule has 0 unspecified atom stereocenters. The molecule has 0 aliphatic heterocycles. The summed E-state index contributed by atoms with van der Waals surface area (Å²) in [4.78, 5) is 4.46. The van der Waals surface area contributed by atoms with E-state index >= 15 is 0 Å². The van der Waals surface area contributed by atoms with Gasteiger partial charge in [0.1, 0.15) is 17.2 Å². The van der Waals surface area contributed by atoms with E-state index in [1.165, 1.54) is 0 Å². The Morgan fingerprint density at radius 1 is 0.480 bits per heavy atom. The summed E-state index contributed by atoms with van der Waals surface area (Å²) in [6.45, 7) is 9.46. The predicted molar refractivity (Wildman–Crippen MR) is 315 cm³/mol. The summed E-state index contributed by atoms with van der Waals surface area (Å²) in [7, 11) is 0. The van der Waals surface area contributed by atoms with Crippen LogP contribution < -0.4 is 0 Å². The highest BCUT2D eigenvalue weighted by Crippen LogP contribution is 2.55. The number of aromatic nitrogens is 2. The summed E-state index contributed by atoms with van der Waals surface area (Å²) in [5, 5.41) is 16.0. The van der Waals surface area contributed by atoms with Crippen LogP contribution in [-0.4, -0.2) is 9.13 Å². The summed E-state index contributed by atoms with van der Waals surface area (Å²) in [6, 6.07) is 43.4. The number of fused-ring (bicyclic) bond motifs is 17. The third-order valence-electron chi connectivity index (χ3n) is 14.5. The summed E-state index contributed by atoms with van der Waals surface area (Å²) in [5.41, 5.74) is 7.05. The van der Waals surface area contributed by atoms with Crippen molar-refractivity contribution in [3.05, 3.63) is 235 Å². The van der Waals surface area contributed by atoms with Crippen LogP contribution in [0.25, 0.3) is 155 Å². The predicted octanol–water partition coefficient (Wildman–Crippen LogP) is 19.9. The molecule has 0 atom stereocenters. The number of thiophene rings is 2. The summed E-state index contributed by atoms with van der Waals surface area (Å²) < 4.78 is 123. The molecule has 75 heavy (non-hydrogen) atoms. The lowest BCUT2D eigenvalue weighted by Crippen LogP contribution is -2.09. The zero-order valence-electron chi connectivity index (χ0n) is 50.9. The number of furan rings is 1. The first-order valence-corrected chi connectivity index (χ1v) is 25.6. The van der Waals surface area contributed by atoms with Crippen LogP contribution in [0.4, 0.5) is 5.69 Å². The van der Waals surface area contributed by atoms with Crippen molar-refractivity contribution in [2.75, 3.05) is 0 Å². The van der Waals surface area contributed by atoms with Crippen LogP contribution in [0.1, 0.15) is 22.0 Å². The van der Waals surface area contributed by atoms with Gasteiger partial charge in [-0.1, -0.05) is 176 Å². The molecule has 0 N–H and O–H groups in total. The molecule has 346 valence electrons. The quantitative estimate of drug-likeness (QED) is 0.161. The molecule has 0 aliphatic carbocycles. The SMILES string of the molecule is [2H]c1c([2H])c([2H])c2c(sc3c2c([2H])c([2H])c2c4c([2H])c([2H])c5c(sc6c([2H])c([2H])c([2H])c([2H])c65)c4n(-c4c(C#N)c(-c5ccccc5)c([N+]#[C-])c(-n5c6ccccc6c6cc(-c7cccc8oc9ccccc9c78)ccc65)c4-c4ccccc4)c32)c1[2H]. The van der Waals surface area contributed by atoms with Gasteiger partial charge in [0, 0.05) is 74.4 Å². The van der Waals surface area contributed by atoms with Crippen LogP contribution in [0.15, 0.2) is 223 Å². The van der Waals surface area contributed by atoms with Gasteiger partial charge >= 0.3 is 0 Å². The molecule has 0 amide bonds. The average Bonchev–Trinajstić information content (AvgIpc) is 1.56. The van der Waals surface area contributed by atoms with Crippen LogP contribution in [0.5, 0.6) is 0 Å². The van der Waals surface area contributed by atoms with E-state index in [9.17, 15) is 22.8 Å². The van der Waals surface area contributed by atoms with Crippen molar-refractivity contribution in [2.45, 2.75) is 0 Å². The first-order valence-electron chi connectivity index (χ1n) is 29.9. The largest absolute Gasteiger partial charge is 0.456 e. The van der Waals surface area contributed by atoms with Gasteiger partial charge in [0.15, 0.2) is 0 Å². The van der Waals surface area contributed by atoms with Crippen molar-refractivity contribution < 1.29 is 20.9 Å². The molecule has 0 aliphatic rings. The highest BCUT2D eigenvalue weighted by atomic mass is 32.1. The van der Waals surface area contributed by atoms with Crippen LogP contribution in [0.3, 0.4) is 0 Å². The maximum Gasteiger partial charge on any atom is 0.220 e. The van der Waals surface area contributed by atoms with Gasteiger partial charge in [-0.25, -0.2) is 4.85 Å². The molecule has 0 spiro atoms. The van der Waals surface area contributed by atoms with Gasteiger partial charge in [0.25, 0.3) is 0 Å². The Bertz CT molecular complexity index is 5790. The lowest BCUT2D eigenvalue weighted by Gasteiger charge is -2.26. The molecule has 0 radical (unpaired) electrons. The van der Waals surface area contributed by atoms with Crippen molar-refractivity contribution in [1.29, 1.82) is 5.26 Å². The molecule has 0 bridgehead atoms. The Hall–Kier alpha value is -9.76. The standard InChI is InChI=1S/C68H36N4OS2/c1-70-62-59(39-17-4-2-5-18-39)52(38-69)63(72-64-46(32-34-48-44-22-10-14-29-57(44)74-67(48)64)47-33-35-49-45-23-11-15-30-58(45)75-68(49)65(47)72)60(40-19-6-3-7-20-40)66(62)71-53-26-12-8-21-43(53)51-37-41(31-36-54(51)71)42-25-16-28-56-61(42)50-24-9-13-27-55(50)73-56/h2-37H/i10D,11D,14D,15D,22D,23D,29D,30D,32D,33D,34D,35D. The fraction of sp³-hybridized carbons (Fsp3) is 0. The highest BCUT2D eigenvalue weighted by molar-refractivity contribution is 7.27. The molecule has 7 heteroatoms. The van der Waals surface area contributed by atoms with E-state index in [1.807, 2.05) is 138 Å². The lowest BCUT2D eigenvalue weighted by atomic mass is 9.88. The monoisotopic (exact) mass is 1000 g/mol. The van der Waals surface area contributed by atoms with Crippen molar-refractivity contribution in [2.24, 2.45) is 0 Å². The van der Waals surface area contributed by atoms with E-state index in [0.29, 0.717) is 33.4 Å². The number of rotatable bonds is 5. The highest BCUT2D eigenvalue weighted by Gasteiger charge is 2.33. The molecule has 16 aromatic rings. The average molecular weight is 1000 g/mol. The van der Waals surface area contributed by atoms with Gasteiger partial charge in [0.05, 0.1) is 71.4 Å². The van der Waals surface area contributed by atoms with Gasteiger partial charge in [0.2, 0.25) is 5.69 Å².